The lowest BCUT2D eigenvalue weighted by Crippen LogP contribution is -2.49. The monoisotopic (exact) mass is 456 g/mol. The molecule has 0 aliphatic carbocycles. The zero-order chi connectivity index (χ0) is 22.6. The van der Waals surface area contributed by atoms with Crippen LogP contribution in [0.5, 0.6) is 0 Å². The van der Waals surface area contributed by atoms with E-state index in [9.17, 15) is 4.79 Å². The van der Waals surface area contributed by atoms with Crippen molar-refractivity contribution in [3.05, 3.63) is 46.2 Å². The number of aromatic nitrogens is 3. The van der Waals surface area contributed by atoms with Crippen LogP contribution in [0.1, 0.15) is 43.7 Å². The van der Waals surface area contributed by atoms with E-state index in [1.807, 2.05) is 20.2 Å². The van der Waals surface area contributed by atoms with Crippen LogP contribution < -0.4 is 4.90 Å². The van der Waals surface area contributed by atoms with E-state index >= 15 is 0 Å². The van der Waals surface area contributed by atoms with E-state index in [2.05, 4.69) is 17.0 Å². The van der Waals surface area contributed by atoms with E-state index < -0.39 is 6.09 Å². The molecule has 5 heterocycles. The first-order valence-corrected chi connectivity index (χ1v) is 11.2. The molecule has 1 saturated heterocycles. The second-order valence-electron chi connectivity index (χ2n) is 8.15. The summed E-state index contributed by atoms with van der Waals surface area (Å²) in [7, 11) is 1.87. The third-order valence-corrected chi connectivity index (χ3v) is 6.36. The summed E-state index contributed by atoms with van der Waals surface area (Å²) in [5, 5.41) is 5.45. The Morgan fingerprint density at radius 1 is 1.38 bits per heavy atom. The largest absolute Gasteiger partial charge is 0.452 e. The van der Waals surface area contributed by atoms with Gasteiger partial charge in [-0.15, -0.1) is 0 Å². The number of furan rings is 1. The number of ether oxygens (including phenoxy) is 2. The zero-order valence-electron chi connectivity index (χ0n) is 18.5. The SMILES string of the molecule is CCOC(=O)N1c2c(oc3c(C)nc(Cl)cc23)C(c2cnn(C)c2)=C2CO[C@@H](CC)C[C@H]21. The number of hydrogen-bond acceptors (Lipinski definition) is 6. The lowest BCUT2D eigenvalue weighted by Gasteiger charge is -2.42. The Balaban J connectivity index is 1.84. The van der Waals surface area contributed by atoms with E-state index in [-0.39, 0.29) is 18.8 Å². The molecule has 8 nitrogen and oxygen atoms in total. The molecule has 3 aromatic heterocycles. The Labute approximate surface area is 190 Å². The Kier molecular flexibility index (Phi) is 5.22. The molecule has 9 heteroatoms. The minimum Gasteiger partial charge on any atom is -0.452 e. The van der Waals surface area contributed by atoms with Gasteiger partial charge in [-0.2, -0.15) is 5.10 Å². The van der Waals surface area contributed by atoms with E-state index in [1.54, 1.807) is 28.8 Å². The number of fused-ring (bicyclic) bond motifs is 4. The lowest BCUT2D eigenvalue weighted by molar-refractivity contribution is 0.0324. The van der Waals surface area contributed by atoms with Crippen molar-refractivity contribution in [3.63, 3.8) is 0 Å². The van der Waals surface area contributed by atoms with E-state index in [0.29, 0.717) is 40.9 Å². The maximum absolute atomic E-state index is 13.3. The molecule has 0 radical (unpaired) electrons. The van der Waals surface area contributed by atoms with Crippen molar-refractivity contribution in [1.29, 1.82) is 0 Å². The van der Waals surface area contributed by atoms with Crippen LogP contribution in [0, 0.1) is 6.92 Å². The average Bonchev–Trinajstić information content (AvgIpc) is 3.35. The standard InChI is InChI=1S/C23H25ClN4O4/c1-5-14-7-17-16(11-31-14)19(13-9-25-27(4)10-13)22-20(28(17)23(29)30-6-2)15-8-18(24)26-12(3)21(15)32-22/h8-10,14,17H,5-7,11H2,1-4H3/t14-,17+/m0/s1. The highest BCUT2D eigenvalue weighted by atomic mass is 35.5. The molecule has 1 fully saturated rings. The van der Waals surface area contributed by atoms with Crippen LogP contribution >= 0.6 is 11.6 Å². The van der Waals surface area contributed by atoms with Gasteiger partial charge < -0.3 is 13.9 Å². The molecule has 1 amide bonds. The lowest BCUT2D eigenvalue weighted by atomic mass is 9.84. The van der Waals surface area contributed by atoms with Crippen LogP contribution in [0.3, 0.4) is 0 Å². The highest BCUT2D eigenvalue weighted by Gasteiger charge is 2.44. The number of halogens is 1. The first-order chi connectivity index (χ1) is 15.4. The number of carbonyl (C=O) groups is 1. The highest BCUT2D eigenvalue weighted by molar-refractivity contribution is 6.30. The fourth-order valence-electron chi connectivity index (χ4n) is 4.74. The predicted molar refractivity (Wildman–Crippen MR) is 121 cm³/mol. The normalized spacial score (nSPS) is 20.5. The Morgan fingerprint density at radius 2 is 2.19 bits per heavy atom. The summed E-state index contributed by atoms with van der Waals surface area (Å²) < 4.78 is 19.8. The first kappa shape index (κ1) is 21.0. The van der Waals surface area contributed by atoms with Gasteiger partial charge in [0.1, 0.15) is 10.8 Å². The molecule has 0 aromatic carbocycles. The van der Waals surface area contributed by atoms with Crippen molar-refractivity contribution in [3.8, 4) is 0 Å². The topological polar surface area (TPSA) is 82.6 Å². The average molecular weight is 457 g/mol. The molecule has 0 spiro atoms. The molecule has 2 atom stereocenters. The third-order valence-electron chi connectivity index (χ3n) is 6.16. The maximum Gasteiger partial charge on any atom is 0.414 e. The van der Waals surface area contributed by atoms with Gasteiger partial charge in [0, 0.05) is 29.8 Å². The van der Waals surface area contributed by atoms with Gasteiger partial charge in [-0.3, -0.25) is 9.58 Å². The number of rotatable bonds is 3. The van der Waals surface area contributed by atoms with Gasteiger partial charge in [0.25, 0.3) is 0 Å². The summed E-state index contributed by atoms with van der Waals surface area (Å²) >= 11 is 6.32. The second kappa shape index (κ2) is 7.94. The molecular formula is C23H25ClN4O4. The van der Waals surface area contributed by atoms with Gasteiger partial charge >= 0.3 is 6.09 Å². The van der Waals surface area contributed by atoms with Gasteiger partial charge in [-0.05, 0) is 38.3 Å². The van der Waals surface area contributed by atoms with Crippen LogP contribution in [-0.4, -0.2) is 46.2 Å². The summed E-state index contributed by atoms with van der Waals surface area (Å²) in [5.41, 5.74) is 4.72. The number of anilines is 1. The van der Waals surface area contributed by atoms with Crippen LogP contribution in [0.15, 0.2) is 28.5 Å². The molecule has 3 aromatic rings. The molecule has 2 aliphatic heterocycles. The van der Waals surface area contributed by atoms with Crippen LogP contribution in [0.25, 0.3) is 16.5 Å². The Morgan fingerprint density at radius 3 is 2.88 bits per heavy atom. The number of pyridine rings is 1. The van der Waals surface area contributed by atoms with Gasteiger partial charge in [0.05, 0.1) is 37.3 Å². The van der Waals surface area contributed by atoms with Crippen molar-refractivity contribution in [2.45, 2.75) is 45.8 Å². The molecule has 0 unspecified atom stereocenters. The van der Waals surface area contributed by atoms with Gasteiger partial charge in [-0.1, -0.05) is 18.5 Å². The van der Waals surface area contributed by atoms with Crippen LogP contribution in [-0.2, 0) is 16.5 Å². The van der Waals surface area contributed by atoms with Crippen molar-refractivity contribution >= 4 is 39.9 Å². The Hall–Kier alpha value is -2.84. The predicted octanol–water partition coefficient (Wildman–Crippen LogP) is 4.87. The number of amides is 1. The molecule has 0 N–H and O–H groups in total. The molecule has 32 heavy (non-hydrogen) atoms. The fraction of sp³-hybridized carbons (Fsp3) is 0.435. The maximum atomic E-state index is 13.3. The molecule has 0 saturated carbocycles. The van der Waals surface area contributed by atoms with Gasteiger partial charge in [0.2, 0.25) is 0 Å². The number of nitrogens with zero attached hydrogens (tertiary/aromatic N) is 4. The molecule has 0 bridgehead atoms. The molecular weight excluding hydrogens is 432 g/mol. The van der Waals surface area contributed by atoms with E-state index in [0.717, 1.165) is 28.5 Å². The molecule has 168 valence electrons. The minimum absolute atomic E-state index is 0.0440. The van der Waals surface area contributed by atoms with E-state index in [1.165, 1.54) is 0 Å². The van der Waals surface area contributed by atoms with Gasteiger partial charge in [0.15, 0.2) is 11.3 Å². The summed E-state index contributed by atoms with van der Waals surface area (Å²) in [4.78, 5) is 19.4. The summed E-state index contributed by atoms with van der Waals surface area (Å²) in [6, 6.07) is 1.53. The second-order valence-corrected chi connectivity index (χ2v) is 8.54. The quantitative estimate of drug-likeness (QED) is 0.523. The summed E-state index contributed by atoms with van der Waals surface area (Å²) in [6.07, 6.45) is 4.91. The third kappa shape index (κ3) is 3.20. The van der Waals surface area contributed by atoms with Gasteiger partial charge in [-0.25, -0.2) is 9.78 Å². The smallest absolute Gasteiger partial charge is 0.414 e. The summed E-state index contributed by atoms with van der Waals surface area (Å²) in [6.45, 7) is 6.41. The Bertz CT molecular complexity index is 1240. The van der Waals surface area contributed by atoms with E-state index in [4.69, 9.17) is 25.5 Å². The molecule has 5 rings (SSSR count). The van der Waals surface area contributed by atoms with Crippen LogP contribution in [0.4, 0.5) is 10.5 Å². The number of aryl methyl sites for hydroxylation is 2. The first-order valence-electron chi connectivity index (χ1n) is 10.8. The molecule has 2 aliphatic rings. The van der Waals surface area contributed by atoms with Crippen molar-refractivity contribution in [1.82, 2.24) is 14.8 Å². The van der Waals surface area contributed by atoms with Crippen LogP contribution in [0.2, 0.25) is 5.15 Å². The minimum atomic E-state index is -0.411. The highest BCUT2D eigenvalue weighted by Crippen LogP contribution is 2.50. The van der Waals surface area contributed by atoms with Crippen molar-refractivity contribution in [2.75, 3.05) is 18.1 Å². The van der Waals surface area contributed by atoms with Crippen molar-refractivity contribution in [2.24, 2.45) is 7.05 Å². The fourth-order valence-corrected chi connectivity index (χ4v) is 4.97. The van der Waals surface area contributed by atoms with Crippen molar-refractivity contribution < 1.29 is 18.7 Å². The number of carbonyl (C=O) groups excluding carboxylic acids is 1. The summed E-state index contributed by atoms with van der Waals surface area (Å²) in [5.74, 6) is 0.581. The zero-order valence-corrected chi connectivity index (χ0v) is 19.3. The number of hydrogen-bond donors (Lipinski definition) is 0.